The molecule has 1 rings (SSSR count). The van der Waals surface area contributed by atoms with Crippen LogP contribution in [0.2, 0.25) is 0 Å². The van der Waals surface area contributed by atoms with E-state index >= 15 is 0 Å². The molecule has 14 heavy (non-hydrogen) atoms. The van der Waals surface area contributed by atoms with Crippen LogP contribution in [0.25, 0.3) is 0 Å². The first kappa shape index (κ1) is 11.5. The number of aromatic amines is 1. The highest BCUT2D eigenvalue weighted by Gasteiger charge is 2.20. The molecular formula is C9H18N4S. The molecule has 1 unspecified atom stereocenters. The van der Waals surface area contributed by atoms with E-state index in [2.05, 4.69) is 36.0 Å². The van der Waals surface area contributed by atoms with Crippen molar-refractivity contribution >= 4 is 11.8 Å². The molecule has 0 radical (unpaired) electrons. The molecule has 0 bridgehead atoms. The molecule has 0 aliphatic carbocycles. The van der Waals surface area contributed by atoms with Crippen molar-refractivity contribution in [1.29, 1.82) is 0 Å². The van der Waals surface area contributed by atoms with Crippen molar-refractivity contribution in [3.8, 4) is 0 Å². The fourth-order valence-electron chi connectivity index (χ4n) is 0.801. The maximum absolute atomic E-state index is 6.02. The Morgan fingerprint density at radius 3 is 2.57 bits per heavy atom. The van der Waals surface area contributed by atoms with E-state index in [9.17, 15) is 0 Å². The van der Waals surface area contributed by atoms with Gasteiger partial charge in [0.2, 0.25) is 5.16 Å². The van der Waals surface area contributed by atoms with Gasteiger partial charge in [-0.2, -0.15) is 0 Å². The summed E-state index contributed by atoms with van der Waals surface area (Å²) in [6, 6.07) is 0.159. The molecular weight excluding hydrogens is 196 g/mol. The standard InChI is InChI=1S/C9H18N4S/c1-6-11-8(13-12-6)14-5-7(10)9(2,3)4/h7H,5,10H2,1-4H3,(H,11,12,13). The van der Waals surface area contributed by atoms with E-state index in [1.807, 2.05) is 6.92 Å². The fraction of sp³-hybridized carbons (Fsp3) is 0.778. The van der Waals surface area contributed by atoms with E-state index in [-0.39, 0.29) is 11.5 Å². The molecule has 0 spiro atoms. The third-order valence-electron chi connectivity index (χ3n) is 2.08. The maximum Gasteiger partial charge on any atom is 0.208 e. The second-order valence-corrected chi connectivity index (χ2v) is 5.47. The van der Waals surface area contributed by atoms with Crippen molar-refractivity contribution in [2.24, 2.45) is 11.1 Å². The predicted molar refractivity (Wildman–Crippen MR) is 59.3 cm³/mol. The summed E-state index contributed by atoms with van der Waals surface area (Å²) < 4.78 is 0. The number of aromatic nitrogens is 3. The Balaban J connectivity index is 2.41. The molecule has 0 fully saturated rings. The summed E-state index contributed by atoms with van der Waals surface area (Å²) in [5, 5.41) is 7.63. The lowest BCUT2D eigenvalue weighted by molar-refractivity contribution is 0.344. The topological polar surface area (TPSA) is 67.6 Å². The maximum atomic E-state index is 6.02. The Morgan fingerprint density at radius 2 is 2.14 bits per heavy atom. The minimum absolute atomic E-state index is 0.137. The third-order valence-corrected chi connectivity index (χ3v) is 3.05. The molecule has 1 aromatic heterocycles. The molecule has 0 amide bonds. The number of H-pyrrole nitrogens is 1. The summed E-state index contributed by atoms with van der Waals surface area (Å²) in [6.07, 6.45) is 0. The Morgan fingerprint density at radius 1 is 1.50 bits per heavy atom. The molecule has 0 aromatic carbocycles. The smallest absolute Gasteiger partial charge is 0.208 e. The summed E-state index contributed by atoms with van der Waals surface area (Å²) >= 11 is 1.60. The van der Waals surface area contributed by atoms with E-state index in [0.717, 1.165) is 16.7 Å². The molecule has 1 atom stereocenters. The van der Waals surface area contributed by atoms with Crippen molar-refractivity contribution in [3.63, 3.8) is 0 Å². The Labute approximate surface area is 89.1 Å². The van der Waals surface area contributed by atoms with Crippen molar-refractivity contribution in [2.45, 2.75) is 38.9 Å². The molecule has 80 valence electrons. The minimum Gasteiger partial charge on any atom is -0.326 e. The number of nitrogens with one attached hydrogen (secondary N) is 1. The van der Waals surface area contributed by atoms with Crippen LogP contribution in [0, 0.1) is 12.3 Å². The lowest BCUT2D eigenvalue weighted by Crippen LogP contribution is -2.37. The number of rotatable bonds is 3. The van der Waals surface area contributed by atoms with Crippen LogP contribution < -0.4 is 5.73 Å². The number of hydrogen-bond acceptors (Lipinski definition) is 4. The Hall–Kier alpha value is -0.550. The zero-order valence-corrected chi connectivity index (χ0v) is 9.98. The first-order valence-corrected chi connectivity index (χ1v) is 5.65. The Bertz CT molecular complexity index is 289. The molecule has 0 saturated carbocycles. The second kappa shape index (κ2) is 4.31. The van der Waals surface area contributed by atoms with Crippen LogP contribution in [-0.2, 0) is 0 Å². The van der Waals surface area contributed by atoms with Gasteiger partial charge in [-0.1, -0.05) is 32.5 Å². The summed E-state index contributed by atoms with van der Waals surface area (Å²) in [6.45, 7) is 8.31. The van der Waals surface area contributed by atoms with Crippen LogP contribution >= 0.6 is 11.8 Å². The van der Waals surface area contributed by atoms with Gasteiger partial charge in [0.1, 0.15) is 5.82 Å². The average Bonchev–Trinajstić information content (AvgIpc) is 2.45. The number of nitrogens with zero attached hydrogens (tertiary/aromatic N) is 2. The first-order chi connectivity index (χ1) is 6.39. The average molecular weight is 214 g/mol. The molecule has 0 aliphatic heterocycles. The van der Waals surface area contributed by atoms with Crippen LogP contribution in [0.5, 0.6) is 0 Å². The van der Waals surface area contributed by atoms with Crippen LogP contribution in [0.1, 0.15) is 26.6 Å². The van der Waals surface area contributed by atoms with E-state index in [4.69, 9.17) is 5.73 Å². The number of thioether (sulfide) groups is 1. The lowest BCUT2D eigenvalue weighted by atomic mass is 9.89. The fourth-order valence-corrected chi connectivity index (χ4v) is 1.94. The Kier molecular flexibility index (Phi) is 3.55. The first-order valence-electron chi connectivity index (χ1n) is 4.67. The van der Waals surface area contributed by atoms with Gasteiger partial charge in [0.15, 0.2) is 0 Å². The van der Waals surface area contributed by atoms with E-state index in [1.54, 1.807) is 11.8 Å². The normalized spacial score (nSPS) is 14.4. The van der Waals surface area contributed by atoms with Crippen LogP contribution in [0.15, 0.2) is 5.16 Å². The number of nitrogens with two attached hydrogens (primary N) is 1. The molecule has 0 aliphatic rings. The molecule has 5 heteroatoms. The highest BCUT2D eigenvalue weighted by molar-refractivity contribution is 7.99. The highest BCUT2D eigenvalue weighted by Crippen LogP contribution is 2.23. The van der Waals surface area contributed by atoms with Crippen LogP contribution in [0.3, 0.4) is 0 Å². The van der Waals surface area contributed by atoms with Gasteiger partial charge in [0.05, 0.1) is 0 Å². The number of aryl methyl sites for hydroxylation is 1. The highest BCUT2D eigenvalue weighted by atomic mass is 32.2. The third kappa shape index (κ3) is 3.31. The van der Waals surface area contributed by atoms with Gasteiger partial charge in [0, 0.05) is 11.8 Å². The van der Waals surface area contributed by atoms with Crippen molar-refractivity contribution in [3.05, 3.63) is 5.82 Å². The van der Waals surface area contributed by atoms with Gasteiger partial charge in [-0.3, -0.25) is 5.10 Å². The zero-order chi connectivity index (χ0) is 10.8. The number of hydrogen-bond donors (Lipinski definition) is 2. The van der Waals surface area contributed by atoms with Gasteiger partial charge in [-0.05, 0) is 12.3 Å². The van der Waals surface area contributed by atoms with Crippen LogP contribution in [-0.4, -0.2) is 27.0 Å². The van der Waals surface area contributed by atoms with Gasteiger partial charge in [0.25, 0.3) is 0 Å². The zero-order valence-electron chi connectivity index (χ0n) is 9.16. The summed E-state index contributed by atoms with van der Waals surface area (Å²) in [5.74, 6) is 1.69. The largest absolute Gasteiger partial charge is 0.326 e. The summed E-state index contributed by atoms with van der Waals surface area (Å²) in [5.41, 5.74) is 6.16. The van der Waals surface area contributed by atoms with Gasteiger partial charge >= 0.3 is 0 Å². The van der Waals surface area contributed by atoms with Gasteiger partial charge in [-0.15, -0.1) is 5.10 Å². The molecule has 3 N–H and O–H groups in total. The molecule has 1 heterocycles. The molecule has 1 aromatic rings. The quantitative estimate of drug-likeness (QED) is 0.750. The monoisotopic (exact) mass is 214 g/mol. The summed E-state index contributed by atoms with van der Waals surface area (Å²) in [7, 11) is 0. The van der Waals surface area contributed by atoms with Crippen LogP contribution in [0.4, 0.5) is 0 Å². The second-order valence-electron chi connectivity index (χ2n) is 4.49. The van der Waals surface area contributed by atoms with Crippen molar-refractivity contribution in [1.82, 2.24) is 15.2 Å². The van der Waals surface area contributed by atoms with Gasteiger partial charge < -0.3 is 5.73 Å². The van der Waals surface area contributed by atoms with E-state index in [1.165, 1.54) is 0 Å². The SMILES string of the molecule is Cc1nc(SCC(N)C(C)(C)C)n[nH]1. The molecule has 4 nitrogen and oxygen atoms in total. The van der Waals surface area contributed by atoms with Crippen molar-refractivity contribution < 1.29 is 0 Å². The van der Waals surface area contributed by atoms with Gasteiger partial charge in [-0.25, -0.2) is 4.98 Å². The van der Waals surface area contributed by atoms with Crippen molar-refractivity contribution in [2.75, 3.05) is 5.75 Å². The summed E-state index contributed by atoms with van der Waals surface area (Å²) in [4.78, 5) is 4.21. The molecule has 0 saturated heterocycles. The van der Waals surface area contributed by atoms with E-state index in [0.29, 0.717) is 0 Å². The minimum atomic E-state index is 0.137. The lowest BCUT2D eigenvalue weighted by Gasteiger charge is -2.26. The predicted octanol–water partition coefficient (Wildman–Crippen LogP) is 1.58. The van der Waals surface area contributed by atoms with E-state index < -0.39 is 0 Å².